The van der Waals surface area contributed by atoms with Gasteiger partial charge in [-0.2, -0.15) is 5.10 Å². The molecule has 0 bridgehead atoms. The van der Waals surface area contributed by atoms with Gasteiger partial charge < -0.3 is 5.32 Å². The molecule has 3 aromatic rings. The first kappa shape index (κ1) is 14.0. The summed E-state index contributed by atoms with van der Waals surface area (Å²) in [5.41, 5.74) is 2.64. The van der Waals surface area contributed by atoms with E-state index in [0.717, 1.165) is 10.0 Å². The zero-order valence-electron chi connectivity index (χ0n) is 11.0. The third-order valence-electron chi connectivity index (χ3n) is 3.07. The molecule has 0 fully saturated rings. The van der Waals surface area contributed by atoms with E-state index in [1.807, 2.05) is 13.0 Å². The Hall–Kier alpha value is -1.92. The predicted octanol–water partition coefficient (Wildman–Crippen LogP) is 3.71. The fourth-order valence-electron chi connectivity index (χ4n) is 1.94. The number of aromatic nitrogens is 3. The normalized spacial score (nSPS) is 10.8. The third-order valence-corrected chi connectivity index (χ3v) is 4.13. The van der Waals surface area contributed by atoms with Crippen molar-refractivity contribution in [3.05, 3.63) is 57.5 Å². The van der Waals surface area contributed by atoms with Crippen molar-refractivity contribution in [2.45, 2.75) is 6.92 Å². The number of nitrogens with zero attached hydrogens (tertiary/aromatic N) is 3. The van der Waals surface area contributed by atoms with E-state index in [-0.39, 0.29) is 5.91 Å². The Morgan fingerprint density at radius 1 is 1.38 bits per heavy atom. The summed E-state index contributed by atoms with van der Waals surface area (Å²) in [5, 5.41) is 7.53. The second-order valence-electron chi connectivity index (χ2n) is 4.50. The summed E-state index contributed by atoms with van der Waals surface area (Å²) in [6.07, 6.45) is 6.40. The van der Waals surface area contributed by atoms with Gasteiger partial charge in [0.1, 0.15) is 0 Å². The van der Waals surface area contributed by atoms with E-state index >= 15 is 0 Å². The average molecular weight is 366 g/mol. The molecule has 0 atom stereocenters. The van der Waals surface area contributed by atoms with Crippen LogP contribution in [0.3, 0.4) is 0 Å². The first-order valence-electron chi connectivity index (χ1n) is 6.10. The highest BCUT2D eigenvalue weighted by atomic mass is 79.9. The molecule has 0 aliphatic carbocycles. The molecule has 2 heterocycles. The fraction of sp³-hybridized carbons (Fsp3) is 0.0714. The number of halogens is 2. The van der Waals surface area contributed by atoms with E-state index < -0.39 is 0 Å². The zero-order chi connectivity index (χ0) is 15.0. The van der Waals surface area contributed by atoms with Crippen LogP contribution in [0.1, 0.15) is 15.9 Å². The van der Waals surface area contributed by atoms with Gasteiger partial charge in [0.05, 0.1) is 29.2 Å². The number of anilines is 1. The lowest BCUT2D eigenvalue weighted by molar-refractivity contribution is 0.102. The number of nitrogens with one attached hydrogen (secondary N) is 1. The van der Waals surface area contributed by atoms with Crippen molar-refractivity contribution in [1.82, 2.24) is 14.6 Å². The molecule has 0 saturated carbocycles. The minimum absolute atomic E-state index is 0.265. The van der Waals surface area contributed by atoms with Crippen LogP contribution in [0.15, 0.2) is 41.4 Å². The summed E-state index contributed by atoms with van der Waals surface area (Å²) in [6.45, 7) is 1.90. The molecule has 7 heteroatoms. The molecule has 0 radical (unpaired) electrons. The molecular formula is C14H10BrClN4O. The number of hydrogen-bond acceptors (Lipinski definition) is 3. The molecule has 106 valence electrons. The zero-order valence-corrected chi connectivity index (χ0v) is 13.3. The Balaban J connectivity index is 1.95. The largest absolute Gasteiger partial charge is 0.321 e. The molecular weight excluding hydrogens is 356 g/mol. The Bertz CT molecular complexity index is 846. The lowest BCUT2D eigenvalue weighted by Crippen LogP contribution is -2.12. The van der Waals surface area contributed by atoms with Gasteiger partial charge in [-0.1, -0.05) is 11.6 Å². The van der Waals surface area contributed by atoms with Crippen LogP contribution in [0.25, 0.3) is 5.52 Å². The SMILES string of the molecule is Cc1cc(Br)c(NC(=O)c2cnn3ccncc23)cc1Cl. The van der Waals surface area contributed by atoms with Crippen LogP contribution in [0, 0.1) is 6.92 Å². The van der Waals surface area contributed by atoms with E-state index in [1.54, 1.807) is 29.2 Å². The molecule has 1 aromatic carbocycles. The number of aryl methyl sites for hydroxylation is 1. The number of rotatable bonds is 2. The van der Waals surface area contributed by atoms with Gasteiger partial charge in [-0.3, -0.25) is 9.78 Å². The van der Waals surface area contributed by atoms with Crippen molar-refractivity contribution in [3.8, 4) is 0 Å². The van der Waals surface area contributed by atoms with Crippen LogP contribution in [0.5, 0.6) is 0 Å². The van der Waals surface area contributed by atoms with Crippen molar-refractivity contribution < 1.29 is 4.79 Å². The van der Waals surface area contributed by atoms with Gasteiger partial charge in [0.25, 0.3) is 5.91 Å². The molecule has 0 saturated heterocycles. The van der Waals surface area contributed by atoms with Crippen molar-refractivity contribution in [2.75, 3.05) is 5.32 Å². The maximum Gasteiger partial charge on any atom is 0.259 e. The summed E-state index contributed by atoms with van der Waals surface area (Å²) in [5.74, 6) is -0.265. The van der Waals surface area contributed by atoms with Gasteiger partial charge in [0, 0.05) is 21.9 Å². The van der Waals surface area contributed by atoms with Gasteiger partial charge >= 0.3 is 0 Å². The smallest absolute Gasteiger partial charge is 0.259 e. The molecule has 0 aliphatic heterocycles. The number of benzene rings is 1. The van der Waals surface area contributed by atoms with E-state index in [9.17, 15) is 4.79 Å². The van der Waals surface area contributed by atoms with Gasteiger partial charge in [-0.25, -0.2) is 4.52 Å². The summed E-state index contributed by atoms with van der Waals surface area (Å²) in [7, 11) is 0. The third kappa shape index (κ3) is 2.64. The van der Waals surface area contributed by atoms with Crippen LogP contribution in [-0.4, -0.2) is 20.5 Å². The van der Waals surface area contributed by atoms with E-state index in [2.05, 4.69) is 31.3 Å². The summed E-state index contributed by atoms with van der Waals surface area (Å²) < 4.78 is 2.37. The van der Waals surface area contributed by atoms with Crippen molar-refractivity contribution in [3.63, 3.8) is 0 Å². The predicted molar refractivity (Wildman–Crippen MR) is 84.8 cm³/mol. The Morgan fingerprint density at radius 3 is 3.00 bits per heavy atom. The second kappa shape index (κ2) is 5.46. The standard InChI is InChI=1S/C14H10BrClN4O/c1-8-4-10(15)12(5-11(8)16)19-14(21)9-6-18-20-3-2-17-7-13(9)20/h2-7H,1H3,(H,19,21). The highest BCUT2D eigenvalue weighted by molar-refractivity contribution is 9.10. The first-order valence-corrected chi connectivity index (χ1v) is 7.27. The number of amides is 1. The molecule has 2 aromatic heterocycles. The lowest BCUT2D eigenvalue weighted by atomic mass is 10.2. The van der Waals surface area contributed by atoms with E-state index in [1.165, 1.54) is 6.20 Å². The summed E-state index contributed by atoms with van der Waals surface area (Å²) in [4.78, 5) is 16.4. The van der Waals surface area contributed by atoms with Gasteiger partial charge in [0.2, 0.25) is 0 Å². The molecule has 1 amide bonds. The molecule has 0 spiro atoms. The number of carbonyl (C=O) groups is 1. The minimum Gasteiger partial charge on any atom is -0.321 e. The molecule has 0 unspecified atom stereocenters. The Labute approximate surface area is 134 Å². The molecule has 0 aliphatic rings. The lowest BCUT2D eigenvalue weighted by Gasteiger charge is -2.09. The maximum atomic E-state index is 12.4. The maximum absolute atomic E-state index is 12.4. The van der Waals surface area contributed by atoms with Gasteiger partial charge in [-0.15, -0.1) is 0 Å². The van der Waals surface area contributed by atoms with Gasteiger partial charge in [-0.05, 0) is 40.5 Å². The quantitative estimate of drug-likeness (QED) is 0.753. The first-order chi connectivity index (χ1) is 10.1. The van der Waals surface area contributed by atoms with Crippen molar-refractivity contribution >= 4 is 44.6 Å². The average Bonchev–Trinajstić information content (AvgIpc) is 2.88. The van der Waals surface area contributed by atoms with Gasteiger partial charge in [0.15, 0.2) is 0 Å². The van der Waals surface area contributed by atoms with Crippen LogP contribution in [0.4, 0.5) is 5.69 Å². The number of carbonyl (C=O) groups excluding carboxylic acids is 1. The van der Waals surface area contributed by atoms with Crippen molar-refractivity contribution in [2.24, 2.45) is 0 Å². The minimum atomic E-state index is -0.265. The van der Waals surface area contributed by atoms with Crippen LogP contribution >= 0.6 is 27.5 Å². The van der Waals surface area contributed by atoms with Crippen LogP contribution in [0.2, 0.25) is 5.02 Å². The fourth-order valence-corrected chi connectivity index (χ4v) is 2.66. The summed E-state index contributed by atoms with van der Waals surface area (Å²) in [6, 6.07) is 3.57. The summed E-state index contributed by atoms with van der Waals surface area (Å²) >= 11 is 9.51. The van der Waals surface area contributed by atoms with E-state index in [4.69, 9.17) is 11.6 Å². The van der Waals surface area contributed by atoms with E-state index in [0.29, 0.717) is 21.8 Å². The number of fused-ring (bicyclic) bond motifs is 1. The van der Waals surface area contributed by atoms with Crippen LogP contribution < -0.4 is 5.32 Å². The molecule has 21 heavy (non-hydrogen) atoms. The number of hydrogen-bond donors (Lipinski definition) is 1. The molecule has 3 rings (SSSR count). The van der Waals surface area contributed by atoms with Crippen LogP contribution in [-0.2, 0) is 0 Å². The van der Waals surface area contributed by atoms with Crippen molar-refractivity contribution in [1.29, 1.82) is 0 Å². The molecule has 1 N–H and O–H groups in total. The highest BCUT2D eigenvalue weighted by Crippen LogP contribution is 2.29. The topological polar surface area (TPSA) is 59.3 Å². The monoisotopic (exact) mass is 364 g/mol. The Morgan fingerprint density at radius 2 is 2.19 bits per heavy atom. The molecule has 5 nitrogen and oxygen atoms in total. The Kier molecular flexibility index (Phi) is 3.65. The second-order valence-corrected chi connectivity index (χ2v) is 5.76. The highest BCUT2D eigenvalue weighted by Gasteiger charge is 2.14.